The molecule has 1 unspecified atom stereocenters. The van der Waals surface area contributed by atoms with Crippen LogP contribution < -0.4 is 10.1 Å². The van der Waals surface area contributed by atoms with Crippen molar-refractivity contribution < 1.29 is 13.5 Å². The number of hydrogen-bond acceptors (Lipinski definition) is 3. The highest BCUT2D eigenvalue weighted by atomic mass is 19.1. The van der Waals surface area contributed by atoms with Crippen LogP contribution >= 0.6 is 0 Å². The summed E-state index contributed by atoms with van der Waals surface area (Å²) in [7, 11) is 1.47. The zero-order chi connectivity index (χ0) is 14.5. The van der Waals surface area contributed by atoms with E-state index < -0.39 is 0 Å². The monoisotopic (exact) mass is 277 g/mol. The summed E-state index contributed by atoms with van der Waals surface area (Å²) < 4.78 is 25.0. The van der Waals surface area contributed by atoms with Crippen LogP contribution in [-0.4, -0.2) is 13.7 Å². The molecule has 20 heavy (non-hydrogen) atoms. The first kappa shape index (κ1) is 14.6. The molecule has 1 heterocycles. The molecule has 3 nitrogen and oxygen atoms in total. The lowest BCUT2D eigenvalue weighted by molar-refractivity contribution is 0.381. The minimum absolute atomic E-state index is 0.233. The maximum atomic E-state index is 14.5. The molecule has 2 aromatic rings. The van der Waals surface area contributed by atoms with Gasteiger partial charge < -0.3 is 14.5 Å². The summed E-state index contributed by atoms with van der Waals surface area (Å²) in [5.41, 5.74) is 1.55. The van der Waals surface area contributed by atoms with Crippen LogP contribution in [0.25, 0.3) is 0 Å². The van der Waals surface area contributed by atoms with Crippen LogP contribution in [0.15, 0.2) is 34.9 Å². The lowest BCUT2D eigenvalue weighted by Crippen LogP contribution is -2.23. The summed E-state index contributed by atoms with van der Waals surface area (Å²) in [6.07, 6.45) is 2.42. The van der Waals surface area contributed by atoms with E-state index in [-0.39, 0.29) is 17.6 Å². The van der Waals surface area contributed by atoms with Gasteiger partial charge in [-0.3, -0.25) is 0 Å². The summed E-state index contributed by atoms with van der Waals surface area (Å²) >= 11 is 0. The summed E-state index contributed by atoms with van der Waals surface area (Å²) in [5, 5.41) is 3.31. The second-order valence-corrected chi connectivity index (χ2v) is 4.51. The number of aryl methyl sites for hydroxylation is 1. The molecule has 4 heteroatoms. The standard InChI is InChI=1S/C16H20FNO2/c1-4-13-11(9-10-20-13)16(18-5-2)12-7-6-8-14(19-3)15(12)17/h6-10,16,18H,4-5H2,1-3H3. The van der Waals surface area contributed by atoms with Gasteiger partial charge in [0.15, 0.2) is 11.6 Å². The Labute approximate surface area is 118 Å². The van der Waals surface area contributed by atoms with Crippen molar-refractivity contribution in [2.75, 3.05) is 13.7 Å². The van der Waals surface area contributed by atoms with Crippen LogP contribution in [0.3, 0.4) is 0 Å². The number of hydrogen-bond donors (Lipinski definition) is 1. The Kier molecular flexibility index (Phi) is 4.79. The zero-order valence-electron chi connectivity index (χ0n) is 12.1. The van der Waals surface area contributed by atoms with Gasteiger partial charge in [0.05, 0.1) is 19.4 Å². The van der Waals surface area contributed by atoms with Gasteiger partial charge in [-0.25, -0.2) is 4.39 Å². The summed E-state index contributed by atoms with van der Waals surface area (Å²) in [6.45, 7) is 4.75. The number of furan rings is 1. The van der Waals surface area contributed by atoms with Gasteiger partial charge in [-0.2, -0.15) is 0 Å². The lowest BCUT2D eigenvalue weighted by Gasteiger charge is -2.20. The molecule has 1 aromatic heterocycles. The van der Waals surface area contributed by atoms with E-state index in [4.69, 9.17) is 9.15 Å². The maximum absolute atomic E-state index is 14.5. The Morgan fingerprint density at radius 3 is 2.70 bits per heavy atom. The highest BCUT2D eigenvalue weighted by molar-refractivity contribution is 5.39. The molecule has 1 aromatic carbocycles. The number of halogens is 1. The van der Waals surface area contributed by atoms with Crippen LogP contribution in [0.2, 0.25) is 0 Å². The van der Waals surface area contributed by atoms with Gasteiger partial charge in [-0.15, -0.1) is 0 Å². The summed E-state index contributed by atoms with van der Waals surface area (Å²) in [5.74, 6) is 0.800. The van der Waals surface area contributed by atoms with Gasteiger partial charge in [-0.05, 0) is 18.7 Å². The molecule has 1 atom stereocenters. The Hall–Kier alpha value is -1.81. The van der Waals surface area contributed by atoms with Crippen LogP contribution in [-0.2, 0) is 6.42 Å². The molecule has 0 bridgehead atoms. The first-order valence-corrected chi connectivity index (χ1v) is 6.84. The number of benzene rings is 1. The second kappa shape index (κ2) is 6.57. The number of methoxy groups -OCH3 is 1. The van der Waals surface area contributed by atoms with E-state index >= 15 is 0 Å². The maximum Gasteiger partial charge on any atom is 0.170 e. The molecular weight excluding hydrogens is 257 g/mol. The molecule has 0 amide bonds. The van der Waals surface area contributed by atoms with E-state index in [1.165, 1.54) is 7.11 Å². The third-order valence-corrected chi connectivity index (χ3v) is 3.34. The van der Waals surface area contributed by atoms with Crippen molar-refractivity contribution in [3.63, 3.8) is 0 Å². The fourth-order valence-corrected chi connectivity index (χ4v) is 2.40. The molecule has 2 rings (SSSR count). The van der Waals surface area contributed by atoms with Gasteiger partial charge >= 0.3 is 0 Å². The quantitative estimate of drug-likeness (QED) is 0.874. The first-order valence-electron chi connectivity index (χ1n) is 6.84. The molecule has 0 fully saturated rings. The lowest BCUT2D eigenvalue weighted by atomic mass is 9.97. The summed E-state index contributed by atoms with van der Waals surface area (Å²) in [4.78, 5) is 0. The molecule has 1 N–H and O–H groups in total. The molecule has 108 valence electrons. The predicted octanol–water partition coefficient (Wildman–Crippen LogP) is 3.69. The molecule has 0 aliphatic rings. The fourth-order valence-electron chi connectivity index (χ4n) is 2.40. The molecular formula is C16H20FNO2. The summed E-state index contributed by atoms with van der Waals surface area (Å²) in [6, 6.07) is 6.86. The number of nitrogens with one attached hydrogen (secondary N) is 1. The van der Waals surface area contributed by atoms with Crippen LogP contribution in [0, 0.1) is 5.82 Å². The van der Waals surface area contributed by atoms with E-state index in [0.717, 1.165) is 24.3 Å². The minimum Gasteiger partial charge on any atom is -0.494 e. The van der Waals surface area contributed by atoms with Crippen molar-refractivity contribution in [2.24, 2.45) is 0 Å². The van der Waals surface area contributed by atoms with Gasteiger partial charge in [0.1, 0.15) is 5.76 Å². The van der Waals surface area contributed by atoms with Gasteiger partial charge in [-0.1, -0.05) is 26.0 Å². The van der Waals surface area contributed by atoms with Crippen molar-refractivity contribution in [1.82, 2.24) is 5.32 Å². The van der Waals surface area contributed by atoms with E-state index in [9.17, 15) is 4.39 Å². The second-order valence-electron chi connectivity index (χ2n) is 4.51. The normalized spacial score (nSPS) is 12.4. The van der Waals surface area contributed by atoms with Crippen molar-refractivity contribution >= 4 is 0 Å². The first-order chi connectivity index (χ1) is 9.72. The average molecular weight is 277 g/mol. The smallest absolute Gasteiger partial charge is 0.170 e. The zero-order valence-corrected chi connectivity index (χ0v) is 12.1. The third kappa shape index (κ3) is 2.70. The van der Waals surface area contributed by atoms with E-state index in [1.807, 2.05) is 19.9 Å². The molecule has 0 aliphatic carbocycles. The highest BCUT2D eigenvalue weighted by Crippen LogP contribution is 2.31. The van der Waals surface area contributed by atoms with Gasteiger partial charge in [0.25, 0.3) is 0 Å². The van der Waals surface area contributed by atoms with Crippen LogP contribution in [0.5, 0.6) is 5.75 Å². The van der Waals surface area contributed by atoms with E-state index in [2.05, 4.69) is 5.32 Å². The SMILES string of the molecule is CCNC(c1ccoc1CC)c1cccc(OC)c1F. The Morgan fingerprint density at radius 1 is 1.25 bits per heavy atom. The Bertz CT molecular complexity index is 565. The number of ether oxygens (including phenoxy) is 1. The highest BCUT2D eigenvalue weighted by Gasteiger charge is 2.22. The largest absolute Gasteiger partial charge is 0.494 e. The van der Waals surface area contributed by atoms with Crippen LogP contribution in [0.4, 0.5) is 4.39 Å². The predicted molar refractivity (Wildman–Crippen MR) is 76.6 cm³/mol. The van der Waals surface area contributed by atoms with Crippen molar-refractivity contribution in [1.29, 1.82) is 0 Å². The minimum atomic E-state index is -0.329. The fraction of sp³-hybridized carbons (Fsp3) is 0.375. The van der Waals surface area contributed by atoms with Crippen molar-refractivity contribution in [3.8, 4) is 5.75 Å². The third-order valence-electron chi connectivity index (χ3n) is 3.34. The molecule has 0 aliphatic heterocycles. The molecule has 0 saturated carbocycles. The average Bonchev–Trinajstić information content (AvgIpc) is 2.93. The van der Waals surface area contributed by atoms with Gasteiger partial charge in [0, 0.05) is 17.5 Å². The number of rotatable bonds is 6. The molecule has 0 radical (unpaired) electrons. The van der Waals surface area contributed by atoms with Crippen LogP contribution in [0.1, 0.15) is 36.8 Å². The van der Waals surface area contributed by atoms with Crippen molar-refractivity contribution in [3.05, 3.63) is 53.2 Å². The van der Waals surface area contributed by atoms with E-state index in [0.29, 0.717) is 5.56 Å². The van der Waals surface area contributed by atoms with Crippen molar-refractivity contribution in [2.45, 2.75) is 26.3 Å². The Morgan fingerprint density at radius 2 is 2.05 bits per heavy atom. The molecule has 0 saturated heterocycles. The Balaban J connectivity index is 2.49. The van der Waals surface area contributed by atoms with Gasteiger partial charge in [0.2, 0.25) is 0 Å². The molecule has 0 spiro atoms. The topological polar surface area (TPSA) is 34.4 Å². The van der Waals surface area contributed by atoms with E-state index in [1.54, 1.807) is 24.5 Å².